The van der Waals surface area contributed by atoms with Gasteiger partial charge in [0.15, 0.2) is 0 Å². The van der Waals surface area contributed by atoms with E-state index in [2.05, 4.69) is 76.2 Å². The lowest BCUT2D eigenvalue weighted by Gasteiger charge is -2.39. The minimum atomic E-state index is -1.87. The summed E-state index contributed by atoms with van der Waals surface area (Å²) in [5, 5.41) is 0. The predicted molar refractivity (Wildman–Crippen MR) is 89.8 cm³/mol. The van der Waals surface area contributed by atoms with Crippen LogP contribution in [0.3, 0.4) is 0 Å². The summed E-state index contributed by atoms with van der Waals surface area (Å²) in [6.07, 6.45) is 0.935. The van der Waals surface area contributed by atoms with Crippen molar-refractivity contribution in [3.63, 3.8) is 0 Å². The van der Waals surface area contributed by atoms with Crippen LogP contribution in [0.2, 0.25) is 0 Å². The van der Waals surface area contributed by atoms with Crippen molar-refractivity contribution in [2.45, 2.75) is 55.1 Å². The number of fused-ring (bicyclic) bond motifs is 4. The van der Waals surface area contributed by atoms with Gasteiger partial charge in [0.1, 0.15) is 11.2 Å². The van der Waals surface area contributed by atoms with Gasteiger partial charge >= 0.3 is 0 Å². The lowest BCUT2D eigenvalue weighted by Crippen LogP contribution is -2.21. The van der Waals surface area contributed by atoms with Crippen LogP contribution in [0.4, 0.5) is 0 Å². The fraction of sp³-hybridized carbons (Fsp3) is 0.368. The number of rotatable bonds is 1. The third-order valence-corrected chi connectivity index (χ3v) is 8.00. The summed E-state index contributed by atoms with van der Waals surface area (Å²) in [5.74, 6) is 0. The molecule has 2 nitrogen and oxygen atoms in total. The highest BCUT2D eigenvalue weighted by Crippen LogP contribution is 2.79. The van der Waals surface area contributed by atoms with Crippen LogP contribution in [0.5, 0.6) is 0 Å². The van der Waals surface area contributed by atoms with Crippen molar-refractivity contribution in [3.05, 3.63) is 59.7 Å². The van der Waals surface area contributed by atoms with Crippen molar-refractivity contribution in [2.24, 2.45) is 0 Å². The highest BCUT2D eigenvalue weighted by Gasteiger charge is 2.54. The van der Waals surface area contributed by atoms with Gasteiger partial charge in [-0.2, -0.15) is 0 Å². The third-order valence-electron chi connectivity index (χ3n) is 4.87. The molecule has 2 atom stereocenters. The van der Waals surface area contributed by atoms with Crippen molar-refractivity contribution in [3.8, 4) is 0 Å². The van der Waals surface area contributed by atoms with Crippen molar-refractivity contribution >= 4 is 10.6 Å². The van der Waals surface area contributed by atoms with E-state index in [1.807, 2.05) is 0 Å². The molecule has 2 aromatic carbocycles. The summed E-state index contributed by atoms with van der Waals surface area (Å²) >= 11 is 0. The maximum atomic E-state index is 6.74. The Morgan fingerprint density at radius 2 is 1.36 bits per heavy atom. The van der Waals surface area contributed by atoms with Gasteiger partial charge in [0.2, 0.25) is 0 Å². The molecule has 2 heterocycles. The Hall–Kier alpha value is -1.29. The van der Waals surface area contributed by atoms with Crippen LogP contribution >= 0.6 is 10.6 Å². The lowest BCUT2D eigenvalue weighted by atomic mass is 9.94. The highest BCUT2D eigenvalue weighted by atomic mass is 32.3. The second-order valence-corrected chi connectivity index (χ2v) is 8.98. The second kappa shape index (κ2) is 4.38. The van der Waals surface area contributed by atoms with Crippen LogP contribution in [-0.2, 0) is 19.6 Å². The van der Waals surface area contributed by atoms with Gasteiger partial charge < -0.3 is 0 Å². The fourth-order valence-electron chi connectivity index (χ4n) is 3.54. The first-order valence-corrected chi connectivity index (χ1v) is 9.35. The molecule has 0 aliphatic carbocycles. The first-order chi connectivity index (χ1) is 10.4. The maximum absolute atomic E-state index is 6.74. The first kappa shape index (κ1) is 14.3. The topological polar surface area (TPSA) is 18.5 Å². The molecule has 2 aliphatic rings. The summed E-state index contributed by atoms with van der Waals surface area (Å²) in [7, 11) is -1.87. The van der Waals surface area contributed by atoms with Crippen molar-refractivity contribution < 1.29 is 8.37 Å². The molecule has 0 bridgehead atoms. The van der Waals surface area contributed by atoms with Gasteiger partial charge in [0, 0.05) is 11.1 Å². The predicted octanol–water partition coefficient (Wildman–Crippen LogP) is 5.66. The number of hydrogen-bond donors (Lipinski definition) is 0. The van der Waals surface area contributed by atoms with E-state index >= 15 is 0 Å². The van der Waals surface area contributed by atoms with Gasteiger partial charge in [-0.1, -0.05) is 43.3 Å². The Morgan fingerprint density at radius 1 is 0.818 bits per heavy atom. The third kappa shape index (κ3) is 1.65. The van der Waals surface area contributed by atoms with Crippen LogP contribution in [0, 0.1) is 0 Å². The van der Waals surface area contributed by atoms with E-state index in [0.29, 0.717) is 0 Å². The van der Waals surface area contributed by atoms with E-state index in [1.165, 1.54) is 20.9 Å². The lowest BCUT2D eigenvalue weighted by molar-refractivity contribution is 0.0675. The summed E-state index contributed by atoms with van der Waals surface area (Å²) < 4.78 is 13.4. The van der Waals surface area contributed by atoms with Gasteiger partial charge in [-0.25, -0.2) is 0 Å². The summed E-state index contributed by atoms with van der Waals surface area (Å²) in [6.45, 7) is 8.65. The fourth-order valence-corrected chi connectivity index (χ4v) is 7.27. The standard InChI is InChI=1S/C19H22O2S/c1-5-19(4)15-11-7-9-13-17(15)22(21-19)16-12-8-6-10-14(16)18(2,3)20-22/h6-13H,5H2,1-4H3. The molecule has 2 aromatic rings. The van der Waals surface area contributed by atoms with E-state index < -0.39 is 10.6 Å². The molecule has 1 spiro atoms. The van der Waals surface area contributed by atoms with Crippen molar-refractivity contribution in [1.29, 1.82) is 0 Å². The average molecular weight is 314 g/mol. The van der Waals surface area contributed by atoms with E-state index in [-0.39, 0.29) is 11.2 Å². The Balaban J connectivity index is 2.02. The minimum Gasteiger partial charge on any atom is -0.264 e. The summed E-state index contributed by atoms with van der Waals surface area (Å²) in [6, 6.07) is 17.1. The maximum Gasteiger partial charge on any atom is 0.117 e. The molecule has 4 rings (SSSR count). The molecule has 0 saturated carbocycles. The molecule has 2 aliphatic heterocycles. The molecular weight excluding hydrogens is 292 g/mol. The van der Waals surface area contributed by atoms with Crippen molar-refractivity contribution in [2.75, 3.05) is 0 Å². The second-order valence-electron chi connectivity index (χ2n) is 6.76. The number of benzene rings is 2. The quantitative estimate of drug-likeness (QED) is 0.676. The molecule has 3 heteroatoms. The van der Waals surface area contributed by atoms with Crippen LogP contribution in [0.15, 0.2) is 58.3 Å². The summed E-state index contributed by atoms with van der Waals surface area (Å²) in [4.78, 5) is 2.46. The molecular formula is C19H22O2S. The molecule has 0 radical (unpaired) electrons. The van der Waals surface area contributed by atoms with Crippen LogP contribution < -0.4 is 0 Å². The Bertz CT molecular complexity index is 755. The van der Waals surface area contributed by atoms with Crippen LogP contribution in [-0.4, -0.2) is 0 Å². The van der Waals surface area contributed by atoms with E-state index in [9.17, 15) is 0 Å². The van der Waals surface area contributed by atoms with E-state index in [4.69, 9.17) is 8.37 Å². The molecule has 0 aromatic heterocycles. The minimum absolute atomic E-state index is 0.278. The average Bonchev–Trinajstić information content (AvgIpc) is 2.91. The zero-order chi connectivity index (χ0) is 15.6. The zero-order valence-corrected chi connectivity index (χ0v) is 14.4. The highest BCUT2D eigenvalue weighted by molar-refractivity contribution is 8.26. The normalized spacial score (nSPS) is 34.2. The first-order valence-electron chi connectivity index (χ1n) is 7.87. The molecule has 0 N–H and O–H groups in total. The Labute approximate surface area is 134 Å². The Kier molecular flexibility index (Phi) is 2.85. The van der Waals surface area contributed by atoms with Gasteiger partial charge in [-0.15, -0.1) is 10.6 Å². The molecule has 0 saturated heterocycles. The monoisotopic (exact) mass is 314 g/mol. The largest absolute Gasteiger partial charge is 0.264 e. The summed E-state index contributed by atoms with van der Waals surface area (Å²) in [5.41, 5.74) is 1.93. The SMILES string of the molecule is CCC1(C)OS2(OC(C)(C)c3ccccc32)c2ccccc21. The zero-order valence-electron chi connectivity index (χ0n) is 13.6. The van der Waals surface area contributed by atoms with E-state index in [0.717, 1.165) is 6.42 Å². The van der Waals surface area contributed by atoms with Gasteiger partial charge in [0.05, 0.1) is 9.79 Å². The van der Waals surface area contributed by atoms with Crippen molar-refractivity contribution in [1.82, 2.24) is 0 Å². The van der Waals surface area contributed by atoms with Gasteiger partial charge in [-0.3, -0.25) is 8.37 Å². The Morgan fingerprint density at radius 3 is 2.00 bits per heavy atom. The molecule has 0 fully saturated rings. The molecule has 2 unspecified atom stereocenters. The molecule has 0 amide bonds. The number of hydrogen-bond acceptors (Lipinski definition) is 2. The van der Waals surface area contributed by atoms with Gasteiger partial charge in [0.25, 0.3) is 0 Å². The van der Waals surface area contributed by atoms with E-state index in [1.54, 1.807) is 0 Å². The van der Waals surface area contributed by atoms with Gasteiger partial charge in [-0.05, 0) is 39.3 Å². The van der Waals surface area contributed by atoms with Crippen LogP contribution in [0.1, 0.15) is 45.2 Å². The smallest absolute Gasteiger partial charge is 0.117 e. The molecule has 116 valence electrons. The molecule has 22 heavy (non-hydrogen) atoms. The van der Waals surface area contributed by atoms with Crippen LogP contribution in [0.25, 0.3) is 0 Å².